The summed E-state index contributed by atoms with van der Waals surface area (Å²) >= 11 is 0. The average molecular weight is 551 g/mol. The van der Waals surface area contributed by atoms with Crippen molar-refractivity contribution in [1.82, 2.24) is 19.4 Å². The van der Waals surface area contributed by atoms with Crippen LogP contribution in [0.4, 0.5) is 20.6 Å². The molecule has 0 aliphatic carbocycles. The van der Waals surface area contributed by atoms with Gasteiger partial charge < -0.3 is 19.4 Å². The van der Waals surface area contributed by atoms with Crippen molar-refractivity contribution in [2.45, 2.75) is 72.1 Å². The molecule has 2 amide bonds. The van der Waals surface area contributed by atoms with Crippen molar-refractivity contribution >= 4 is 34.4 Å². The third-order valence-electron chi connectivity index (χ3n) is 7.46. The van der Waals surface area contributed by atoms with Crippen LogP contribution in [0.2, 0.25) is 0 Å². The maximum atomic E-state index is 14.8. The van der Waals surface area contributed by atoms with Crippen molar-refractivity contribution < 1.29 is 18.7 Å². The Bertz CT molecular complexity index is 1590. The molecule has 5 heterocycles. The van der Waals surface area contributed by atoms with Gasteiger partial charge in [-0.1, -0.05) is 13.8 Å². The lowest BCUT2D eigenvalue weighted by atomic mass is 9.98. The van der Waals surface area contributed by atoms with Crippen molar-refractivity contribution in [2.24, 2.45) is 0 Å². The molecule has 2 aliphatic heterocycles. The SMILES string of the molecule is Cc1ccnc(C(C)C)c1-n1c(=O)c2c(c3cc(F)cnc31)N1CC(C)N(C(=O)OC(C)(C)C)CC1C(=O)N2C. The normalized spacial score (nSPS) is 19.2. The van der Waals surface area contributed by atoms with E-state index in [-0.39, 0.29) is 42.3 Å². The van der Waals surface area contributed by atoms with Crippen LogP contribution in [0.3, 0.4) is 0 Å². The molecule has 2 unspecified atom stereocenters. The average Bonchev–Trinajstić information content (AvgIpc) is 2.86. The Kier molecular flexibility index (Phi) is 6.59. The fraction of sp³-hybridized carbons (Fsp3) is 0.483. The van der Waals surface area contributed by atoms with Crippen LogP contribution >= 0.6 is 0 Å². The number of fused-ring (bicyclic) bond motifs is 5. The summed E-state index contributed by atoms with van der Waals surface area (Å²) in [5, 5.41) is 0.398. The molecule has 0 aromatic carbocycles. The van der Waals surface area contributed by atoms with Crippen LogP contribution in [0, 0.1) is 12.7 Å². The Morgan fingerprint density at radius 3 is 2.48 bits per heavy atom. The summed E-state index contributed by atoms with van der Waals surface area (Å²) in [6.45, 7) is 13.4. The number of rotatable bonds is 2. The first-order chi connectivity index (χ1) is 18.7. The number of ether oxygens (including phenoxy) is 1. The molecule has 0 N–H and O–H groups in total. The topological polar surface area (TPSA) is 101 Å². The number of hydrogen-bond donors (Lipinski definition) is 0. The van der Waals surface area contributed by atoms with Gasteiger partial charge in [0.2, 0.25) is 0 Å². The van der Waals surface area contributed by atoms with E-state index in [0.717, 1.165) is 11.8 Å². The van der Waals surface area contributed by atoms with Gasteiger partial charge in [0, 0.05) is 31.2 Å². The van der Waals surface area contributed by atoms with E-state index in [1.54, 1.807) is 31.9 Å². The van der Waals surface area contributed by atoms with E-state index in [1.807, 2.05) is 38.7 Å². The highest BCUT2D eigenvalue weighted by atomic mass is 19.1. The molecule has 2 atom stereocenters. The molecule has 0 radical (unpaired) electrons. The number of halogens is 1. The van der Waals surface area contributed by atoms with Gasteiger partial charge in [-0.15, -0.1) is 0 Å². The molecule has 0 saturated carbocycles. The number of piperazine rings is 1. The maximum Gasteiger partial charge on any atom is 0.410 e. The smallest absolute Gasteiger partial charge is 0.410 e. The lowest BCUT2D eigenvalue weighted by Crippen LogP contribution is -2.66. The second kappa shape index (κ2) is 9.57. The highest BCUT2D eigenvalue weighted by Crippen LogP contribution is 2.42. The first-order valence-electron chi connectivity index (χ1n) is 13.4. The molecular formula is C29H35FN6O4. The van der Waals surface area contributed by atoms with E-state index >= 15 is 0 Å². The van der Waals surface area contributed by atoms with Gasteiger partial charge in [-0.05, 0) is 58.2 Å². The summed E-state index contributed by atoms with van der Waals surface area (Å²) in [4.78, 5) is 54.8. The minimum Gasteiger partial charge on any atom is -0.444 e. The Morgan fingerprint density at radius 2 is 1.82 bits per heavy atom. The summed E-state index contributed by atoms with van der Waals surface area (Å²) in [6, 6.07) is 2.03. The lowest BCUT2D eigenvalue weighted by molar-refractivity contribution is -0.121. The largest absolute Gasteiger partial charge is 0.444 e. The summed E-state index contributed by atoms with van der Waals surface area (Å²) in [7, 11) is 1.54. The van der Waals surface area contributed by atoms with Gasteiger partial charge in [0.1, 0.15) is 28.8 Å². The number of likely N-dealkylation sites (N-methyl/N-ethyl adjacent to an activating group) is 1. The van der Waals surface area contributed by atoms with Crippen molar-refractivity contribution in [3.8, 4) is 5.69 Å². The number of aromatic nitrogens is 3. The van der Waals surface area contributed by atoms with Gasteiger partial charge in [-0.2, -0.15) is 0 Å². The number of carbonyl (C=O) groups excluding carboxylic acids is 2. The molecule has 10 nitrogen and oxygen atoms in total. The predicted molar refractivity (Wildman–Crippen MR) is 151 cm³/mol. The summed E-state index contributed by atoms with van der Waals surface area (Å²) in [5.41, 5.74) is 1.75. The predicted octanol–water partition coefficient (Wildman–Crippen LogP) is 4.14. The van der Waals surface area contributed by atoms with Crippen molar-refractivity contribution in [3.63, 3.8) is 0 Å². The van der Waals surface area contributed by atoms with Gasteiger partial charge in [0.05, 0.1) is 29.8 Å². The zero-order chi connectivity index (χ0) is 29.3. The number of aryl methyl sites for hydroxylation is 1. The van der Waals surface area contributed by atoms with Crippen LogP contribution in [-0.2, 0) is 9.53 Å². The lowest BCUT2D eigenvalue weighted by Gasteiger charge is -2.49. The number of anilines is 2. The third kappa shape index (κ3) is 4.37. The molecule has 212 valence electrons. The molecule has 0 bridgehead atoms. The van der Waals surface area contributed by atoms with Crippen LogP contribution in [0.25, 0.3) is 16.7 Å². The first kappa shape index (κ1) is 27.5. The van der Waals surface area contributed by atoms with Crippen LogP contribution in [0.15, 0.2) is 29.3 Å². The Balaban J connectivity index is 1.76. The summed E-state index contributed by atoms with van der Waals surface area (Å²) in [5.74, 6) is -0.922. The zero-order valence-corrected chi connectivity index (χ0v) is 24.1. The molecule has 40 heavy (non-hydrogen) atoms. The van der Waals surface area contributed by atoms with Crippen molar-refractivity contribution in [3.05, 3.63) is 52.0 Å². The Labute approximate surface area is 232 Å². The minimum atomic E-state index is -0.783. The van der Waals surface area contributed by atoms with Crippen LogP contribution < -0.4 is 15.4 Å². The molecule has 1 saturated heterocycles. The van der Waals surface area contributed by atoms with E-state index in [9.17, 15) is 18.8 Å². The molecule has 0 spiro atoms. The second-order valence-electron chi connectivity index (χ2n) is 11.9. The molecule has 3 aromatic rings. The molecule has 2 aliphatic rings. The summed E-state index contributed by atoms with van der Waals surface area (Å²) in [6.07, 6.45) is 2.27. The van der Waals surface area contributed by atoms with Gasteiger partial charge in [0.15, 0.2) is 0 Å². The Hall–Kier alpha value is -4.02. The molecule has 5 rings (SSSR count). The van der Waals surface area contributed by atoms with Crippen molar-refractivity contribution in [2.75, 3.05) is 29.9 Å². The monoisotopic (exact) mass is 550 g/mol. The quantitative estimate of drug-likeness (QED) is 0.473. The van der Waals surface area contributed by atoms with Crippen LogP contribution in [-0.4, -0.2) is 69.3 Å². The highest BCUT2D eigenvalue weighted by molar-refractivity contribution is 6.11. The molecule has 3 aromatic heterocycles. The first-order valence-corrected chi connectivity index (χ1v) is 13.4. The zero-order valence-electron chi connectivity index (χ0n) is 24.1. The highest BCUT2D eigenvalue weighted by Gasteiger charge is 2.47. The van der Waals surface area contributed by atoms with E-state index < -0.39 is 29.1 Å². The number of pyridine rings is 3. The fourth-order valence-electron chi connectivity index (χ4n) is 5.64. The van der Waals surface area contributed by atoms with Gasteiger partial charge in [0.25, 0.3) is 11.5 Å². The Morgan fingerprint density at radius 1 is 1.12 bits per heavy atom. The van der Waals surface area contributed by atoms with Gasteiger partial charge >= 0.3 is 6.09 Å². The van der Waals surface area contributed by atoms with E-state index in [4.69, 9.17) is 4.74 Å². The van der Waals surface area contributed by atoms with E-state index in [2.05, 4.69) is 9.97 Å². The maximum absolute atomic E-state index is 14.8. The fourth-order valence-corrected chi connectivity index (χ4v) is 5.64. The van der Waals surface area contributed by atoms with Crippen LogP contribution in [0.5, 0.6) is 0 Å². The van der Waals surface area contributed by atoms with Gasteiger partial charge in [-0.25, -0.2) is 14.2 Å². The molecule has 1 fully saturated rings. The number of carbonyl (C=O) groups is 2. The third-order valence-corrected chi connectivity index (χ3v) is 7.46. The number of hydrogen-bond acceptors (Lipinski definition) is 7. The summed E-state index contributed by atoms with van der Waals surface area (Å²) < 4.78 is 21.8. The molecular weight excluding hydrogens is 515 g/mol. The second-order valence-corrected chi connectivity index (χ2v) is 11.9. The van der Waals surface area contributed by atoms with Crippen molar-refractivity contribution in [1.29, 1.82) is 0 Å². The van der Waals surface area contributed by atoms with E-state index in [0.29, 0.717) is 22.5 Å². The number of nitrogens with zero attached hydrogens (tertiary/aromatic N) is 6. The van der Waals surface area contributed by atoms with Crippen LogP contribution in [0.1, 0.15) is 58.7 Å². The van der Waals surface area contributed by atoms with E-state index in [1.165, 1.54) is 22.6 Å². The molecule has 11 heteroatoms. The minimum absolute atomic E-state index is 0.0150. The van der Waals surface area contributed by atoms with Gasteiger partial charge in [-0.3, -0.25) is 19.1 Å². The number of amides is 2. The standard InChI is InChI=1S/C29H35FN6O4/c1-15(2)21-22(16(3)9-10-31-21)36-25-19(11-18(30)12-32-25)23-24(27(36)38)33(8)26(37)20-14-34(17(4)13-35(20)23)28(39)40-29(5,6)7/h9-12,15,17,20H,13-14H2,1-8H3.